The molecule has 0 aromatic carbocycles. The van der Waals surface area contributed by atoms with E-state index in [0.717, 1.165) is 58.7 Å². The molecular formula is C14H25N3O2. The van der Waals surface area contributed by atoms with Gasteiger partial charge in [-0.3, -0.25) is 0 Å². The van der Waals surface area contributed by atoms with Crippen molar-refractivity contribution in [1.29, 1.82) is 0 Å². The summed E-state index contributed by atoms with van der Waals surface area (Å²) in [6, 6.07) is 0.521. The van der Waals surface area contributed by atoms with Crippen molar-refractivity contribution in [2.45, 2.75) is 31.7 Å². The molecule has 1 atom stereocenters. The average molecular weight is 267 g/mol. The van der Waals surface area contributed by atoms with Gasteiger partial charge in [-0.25, -0.2) is 4.79 Å². The Kier molecular flexibility index (Phi) is 3.67. The largest absolute Gasteiger partial charge is 0.381 e. The number of nitrogens with zero attached hydrogens (tertiary/aromatic N) is 2. The fraction of sp³-hybridized carbons (Fsp3) is 0.929. The highest BCUT2D eigenvalue weighted by Gasteiger charge is 2.48. The summed E-state index contributed by atoms with van der Waals surface area (Å²) in [5, 5.41) is 3.27. The summed E-state index contributed by atoms with van der Waals surface area (Å²) < 4.78 is 5.45. The zero-order chi connectivity index (χ0) is 13.3. The molecule has 1 saturated carbocycles. The molecule has 0 aromatic heterocycles. The van der Waals surface area contributed by atoms with Crippen molar-refractivity contribution in [3.8, 4) is 0 Å². The maximum absolute atomic E-state index is 12.3. The number of piperazine rings is 1. The van der Waals surface area contributed by atoms with E-state index in [1.807, 2.05) is 4.90 Å². The second kappa shape index (κ2) is 5.29. The van der Waals surface area contributed by atoms with Gasteiger partial charge in [0.15, 0.2) is 0 Å². The van der Waals surface area contributed by atoms with E-state index in [4.69, 9.17) is 4.74 Å². The Balaban J connectivity index is 1.52. The van der Waals surface area contributed by atoms with Crippen LogP contribution in [0.1, 0.15) is 25.7 Å². The fourth-order valence-corrected chi connectivity index (χ4v) is 3.55. The first-order valence-electron chi connectivity index (χ1n) is 7.51. The summed E-state index contributed by atoms with van der Waals surface area (Å²) in [6.45, 7) is 5.40. The summed E-state index contributed by atoms with van der Waals surface area (Å²) >= 11 is 0. The van der Waals surface area contributed by atoms with Gasteiger partial charge in [-0.1, -0.05) is 0 Å². The molecule has 5 heteroatoms. The summed E-state index contributed by atoms with van der Waals surface area (Å²) in [7, 11) is 2.11. The smallest absolute Gasteiger partial charge is 0.317 e. The summed E-state index contributed by atoms with van der Waals surface area (Å²) in [5.41, 5.74) is 0.348. The molecule has 3 rings (SSSR count). The maximum atomic E-state index is 12.3. The van der Waals surface area contributed by atoms with Gasteiger partial charge in [0.05, 0.1) is 0 Å². The molecule has 3 fully saturated rings. The van der Waals surface area contributed by atoms with Crippen LogP contribution >= 0.6 is 0 Å². The molecule has 1 spiro atoms. The predicted molar refractivity (Wildman–Crippen MR) is 73.1 cm³/mol. The molecule has 2 heterocycles. The Morgan fingerprint density at radius 1 is 1.16 bits per heavy atom. The minimum atomic E-state index is 0.142. The number of likely N-dealkylation sites (N-methyl/N-ethyl adjacent to an activating group) is 1. The number of carbonyl (C=O) groups excluding carboxylic acids is 1. The Labute approximate surface area is 115 Å². The normalized spacial score (nSPS) is 31.0. The number of rotatable bonds is 1. The third kappa shape index (κ3) is 2.58. The third-order valence-electron chi connectivity index (χ3n) is 5.25. The van der Waals surface area contributed by atoms with Crippen LogP contribution in [0.5, 0.6) is 0 Å². The molecule has 1 unspecified atom stereocenters. The average Bonchev–Trinajstić information content (AvgIpc) is 2.45. The van der Waals surface area contributed by atoms with Gasteiger partial charge in [0.25, 0.3) is 0 Å². The number of amides is 2. The van der Waals surface area contributed by atoms with E-state index in [2.05, 4.69) is 17.3 Å². The van der Waals surface area contributed by atoms with Crippen LogP contribution in [0.3, 0.4) is 0 Å². The van der Waals surface area contributed by atoms with Gasteiger partial charge in [0.2, 0.25) is 0 Å². The first kappa shape index (κ1) is 13.2. The van der Waals surface area contributed by atoms with Gasteiger partial charge in [0, 0.05) is 45.4 Å². The first-order valence-corrected chi connectivity index (χ1v) is 7.51. The summed E-state index contributed by atoms with van der Waals surface area (Å²) in [5.74, 6) is 0. The van der Waals surface area contributed by atoms with E-state index >= 15 is 0 Å². The van der Waals surface area contributed by atoms with E-state index < -0.39 is 0 Å². The molecule has 3 aliphatic rings. The molecule has 1 aliphatic carbocycles. The zero-order valence-corrected chi connectivity index (χ0v) is 11.9. The van der Waals surface area contributed by atoms with Crippen LogP contribution in [0.15, 0.2) is 0 Å². The van der Waals surface area contributed by atoms with Crippen LogP contribution in [0.2, 0.25) is 0 Å². The van der Waals surface area contributed by atoms with Crippen molar-refractivity contribution in [3.05, 3.63) is 0 Å². The topological polar surface area (TPSA) is 44.8 Å². The number of ether oxygens (including phenoxy) is 1. The first-order chi connectivity index (χ1) is 9.20. The minimum absolute atomic E-state index is 0.142. The number of hydrogen-bond acceptors (Lipinski definition) is 3. The highest BCUT2D eigenvalue weighted by molar-refractivity contribution is 5.75. The van der Waals surface area contributed by atoms with Crippen LogP contribution in [0.25, 0.3) is 0 Å². The quantitative estimate of drug-likeness (QED) is 0.768. The molecule has 0 bridgehead atoms. The Morgan fingerprint density at radius 3 is 2.42 bits per heavy atom. The predicted octanol–water partition coefficient (Wildman–Crippen LogP) is 0.903. The molecule has 0 radical (unpaired) electrons. The minimum Gasteiger partial charge on any atom is -0.381 e. The molecule has 2 amide bonds. The monoisotopic (exact) mass is 267 g/mol. The molecule has 2 saturated heterocycles. The highest BCUT2D eigenvalue weighted by atomic mass is 16.5. The van der Waals surface area contributed by atoms with Crippen LogP contribution in [-0.2, 0) is 4.74 Å². The molecule has 108 valence electrons. The van der Waals surface area contributed by atoms with Crippen LogP contribution in [-0.4, -0.2) is 68.3 Å². The second-order valence-corrected chi connectivity index (χ2v) is 6.31. The molecular weight excluding hydrogens is 242 g/mol. The third-order valence-corrected chi connectivity index (χ3v) is 5.25. The lowest BCUT2D eigenvalue weighted by atomic mass is 9.60. The van der Waals surface area contributed by atoms with Gasteiger partial charge in [0.1, 0.15) is 0 Å². The fourth-order valence-electron chi connectivity index (χ4n) is 3.55. The lowest BCUT2D eigenvalue weighted by Gasteiger charge is -2.52. The van der Waals surface area contributed by atoms with E-state index in [1.54, 1.807) is 0 Å². The van der Waals surface area contributed by atoms with E-state index in [-0.39, 0.29) is 6.03 Å². The van der Waals surface area contributed by atoms with E-state index in [1.165, 1.54) is 6.42 Å². The maximum Gasteiger partial charge on any atom is 0.317 e. The molecule has 0 aromatic rings. The van der Waals surface area contributed by atoms with Crippen LogP contribution in [0, 0.1) is 5.41 Å². The van der Waals surface area contributed by atoms with Gasteiger partial charge in [-0.05, 0) is 38.1 Å². The van der Waals surface area contributed by atoms with Crippen LogP contribution in [0.4, 0.5) is 4.79 Å². The Bertz CT molecular complexity index is 334. The summed E-state index contributed by atoms with van der Waals surface area (Å²) in [4.78, 5) is 16.5. The number of urea groups is 1. The Morgan fingerprint density at radius 2 is 1.84 bits per heavy atom. The Hall–Kier alpha value is -0.810. The van der Waals surface area contributed by atoms with Crippen molar-refractivity contribution < 1.29 is 9.53 Å². The SMILES string of the molecule is CN1CCN(C(=O)NC2CCC23CCOCC3)CC1. The van der Waals surface area contributed by atoms with Crippen molar-refractivity contribution in [1.82, 2.24) is 15.1 Å². The number of carbonyl (C=O) groups is 1. The van der Waals surface area contributed by atoms with Crippen molar-refractivity contribution in [2.24, 2.45) is 5.41 Å². The van der Waals surface area contributed by atoms with Gasteiger partial charge in [-0.15, -0.1) is 0 Å². The number of nitrogens with one attached hydrogen (secondary N) is 1. The van der Waals surface area contributed by atoms with E-state index in [9.17, 15) is 4.79 Å². The molecule has 19 heavy (non-hydrogen) atoms. The molecule has 5 nitrogen and oxygen atoms in total. The molecule has 1 N–H and O–H groups in total. The number of hydrogen-bond donors (Lipinski definition) is 1. The van der Waals surface area contributed by atoms with Crippen molar-refractivity contribution in [2.75, 3.05) is 46.4 Å². The standard InChI is InChI=1S/C14H25N3O2/c1-16-6-8-17(9-7-16)13(18)15-12-2-3-14(12)4-10-19-11-5-14/h12H,2-11H2,1H3,(H,15,18). The van der Waals surface area contributed by atoms with E-state index in [0.29, 0.717) is 11.5 Å². The molecule has 2 aliphatic heterocycles. The summed E-state index contributed by atoms with van der Waals surface area (Å²) in [6.07, 6.45) is 4.62. The van der Waals surface area contributed by atoms with Crippen molar-refractivity contribution >= 4 is 6.03 Å². The van der Waals surface area contributed by atoms with Crippen LogP contribution < -0.4 is 5.32 Å². The second-order valence-electron chi connectivity index (χ2n) is 6.31. The van der Waals surface area contributed by atoms with Crippen molar-refractivity contribution in [3.63, 3.8) is 0 Å². The van der Waals surface area contributed by atoms with Gasteiger partial charge >= 0.3 is 6.03 Å². The van der Waals surface area contributed by atoms with Gasteiger partial charge < -0.3 is 19.9 Å². The lowest BCUT2D eigenvalue weighted by Crippen LogP contribution is -2.60. The lowest BCUT2D eigenvalue weighted by molar-refractivity contribution is -0.0523. The zero-order valence-electron chi connectivity index (χ0n) is 11.9. The highest BCUT2D eigenvalue weighted by Crippen LogP contribution is 2.48. The van der Waals surface area contributed by atoms with Gasteiger partial charge in [-0.2, -0.15) is 0 Å².